The van der Waals surface area contributed by atoms with E-state index in [0.29, 0.717) is 0 Å². The second-order valence-corrected chi connectivity index (χ2v) is 2.76. The summed E-state index contributed by atoms with van der Waals surface area (Å²) in [5.41, 5.74) is -0.0833. The van der Waals surface area contributed by atoms with Crippen molar-refractivity contribution in [2.45, 2.75) is 19.1 Å². The van der Waals surface area contributed by atoms with Gasteiger partial charge in [0.15, 0.2) is 5.72 Å². The maximum absolute atomic E-state index is 5.35. The van der Waals surface area contributed by atoms with Gasteiger partial charge in [-0.05, 0) is 27.1 Å². The van der Waals surface area contributed by atoms with Gasteiger partial charge < -0.3 is 4.74 Å². The third-order valence-electron chi connectivity index (χ3n) is 1.86. The molecule has 0 aromatic rings. The Bertz CT molecular complexity index is 121. The maximum atomic E-state index is 5.35. The van der Waals surface area contributed by atoms with Crippen LogP contribution in [-0.2, 0) is 4.74 Å². The van der Waals surface area contributed by atoms with Crippen molar-refractivity contribution in [2.75, 3.05) is 14.1 Å². The summed E-state index contributed by atoms with van der Waals surface area (Å²) in [6.45, 7) is 2.08. The van der Waals surface area contributed by atoms with Gasteiger partial charge in [-0.15, -0.1) is 0 Å². The molecule has 0 aliphatic carbocycles. The third-order valence-corrected chi connectivity index (χ3v) is 1.86. The average Bonchev–Trinajstić information content (AvgIpc) is 2.16. The Balaban J connectivity index is 2.55. The fourth-order valence-corrected chi connectivity index (χ4v) is 0.798. The zero-order chi connectivity index (χ0) is 6.91. The van der Waals surface area contributed by atoms with Crippen LogP contribution in [0.2, 0.25) is 0 Å². The van der Waals surface area contributed by atoms with Crippen LogP contribution in [0.15, 0.2) is 12.3 Å². The molecular formula is C7H13NO. The van der Waals surface area contributed by atoms with Crippen molar-refractivity contribution >= 4 is 0 Å². The van der Waals surface area contributed by atoms with Crippen LogP contribution in [0.5, 0.6) is 0 Å². The van der Waals surface area contributed by atoms with E-state index in [0.717, 1.165) is 6.42 Å². The summed E-state index contributed by atoms with van der Waals surface area (Å²) in [4.78, 5) is 2.08. The van der Waals surface area contributed by atoms with Gasteiger partial charge in [-0.2, -0.15) is 0 Å². The highest BCUT2D eigenvalue weighted by molar-refractivity contribution is 4.93. The van der Waals surface area contributed by atoms with Crippen molar-refractivity contribution in [3.05, 3.63) is 12.3 Å². The molecule has 1 rings (SSSR count). The molecule has 0 fully saturated rings. The lowest BCUT2D eigenvalue weighted by molar-refractivity contribution is -0.0576. The van der Waals surface area contributed by atoms with Crippen molar-refractivity contribution in [1.82, 2.24) is 4.90 Å². The molecule has 2 heteroatoms. The van der Waals surface area contributed by atoms with E-state index >= 15 is 0 Å². The zero-order valence-corrected chi connectivity index (χ0v) is 6.22. The molecule has 1 unspecified atom stereocenters. The molecule has 0 radical (unpaired) electrons. The molecule has 1 aliphatic rings. The Morgan fingerprint density at radius 2 is 2.22 bits per heavy atom. The second kappa shape index (κ2) is 2.03. The third kappa shape index (κ3) is 1.08. The summed E-state index contributed by atoms with van der Waals surface area (Å²) in [5, 5.41) is 0. The molecule has 0 amide bonds. The lowest BCUT2D eigenvalue weighted by Crippen LogP contribution is -2.40. The van der Waals surface area contributed by atoms with Gasteiger partial charge in [0.25, 0.3) is 0 Å². The summed E-state index contributed by atoms with van der Waals surface area (Å²) in [6.07, 6.45) is 4.79. The quantitative estimate of drug-likeness (QED) is 0.524. The number of nitrogens with zero attached hydrogens (tertiary/aromatic N) is 1. The SMILES string of the molecule is CN(C)C1(C)CC=CO1. The van der Waals surface area contributed by atoms with E-state index in [1.165, 1.54) is 0 Å². The lowest BCUT2D eigenvalue weighted by Gasteiger charge is -2.30. The van der Waals surface area contributed by atoms with E-state index in [2.05, 4.69) is 11.8 Å². The highest BCUT2D eigenvalue weighted by atomic mass is 16.5. The van der Waals surface area contributed by atoms with Crippen LogP contribution in [0.1, 0.15) is 13.3 Å². The standard InChI is InChI=1S/C7H13NO/c1-7(8(2)3)5-4-6-9-7/h4,6H,5H2,1-3H3. The van der Waals surface area contributed by atoms with Crippen LogP contribution < -0.4 is 0 Å². The highest BCUT2D eigenvalue weighted by Crippen LogP contribution is 2.23. The Morgan fingerprint density at radius 3 is 2.44 bits per heavy atom. The van der Waals surface area contributed by atoms with Crippen molar-refractivity contribution in [1.29, 1.82) is 0 Å². The molecule has 52 valence electrons. The summed E-state index contributed by atoms with van der Waals surface area (Å²) < 4.78 is 5.35. The Kier molecular flexibility index (Phi) is 1.49. The largest absolute Gasteiger partial charge is 0.480 e. The van der Waals surface area contributed by atoms with Gasteiger partial charge in [0.2, 0.25) is 0 Å². The van der Waals surface area contributed by atoms with Crippen LogP contribution in [0.4, 0.5) is 0 Å². The van der Waals surface area contributed by atoms with Gasteiger partial charge in [-0.3, -0.25) is 4.90 Å². The number of hydrogen-bond acceptors (Lipinski definition) is 2. The van der Waals surface area contributed by atoms with E-state index < -0.39 is 0 Å². The predicted molar refractivity (Wildman–Crippen MR) is 36.9 cm³/mol. The predicted octanol–water partition coefficient (Wildman–Crippen LogP) is 1.20. The number of ether oxygens (including phenoxy) is 1. The Morgan fingerprint density at radius 1 is 1.56 bits per heavy atom. The van der Waals surface area contributed by atoms with Gasteiger partial charge in [0.05, 0.1) is 6.26 Å². The molecule has 0 aromatic heterocycles. The minimum absolute atomic E-state index is 0.0833. The van der Waals surface area contributed by atoms with Gasteiger partial charge >= 0.3 is 0 Å². The van der Waals surface area contributed by atoms with E-state index in [1.54, 1.807) is 6.26 Å². The maximum Gasteiger partial charge on any atom is 0.162 e. The van der Waals surface area contributed by atoms with E-state index in [1.807, 2.05) is 20.2 Å². The Labute approximate surface area is 56.1 Å². The molecular weight excluding hydrogens is 114 g/mol. The first-order valence-corrected chi connectivity index (χ1v) is 3.15. The topological polar surface area (TPSA) is 12.5 Å². The van der Waals surface area contributed by atoms with Crippen molar-refractivity contribution < 1.29 is 4.74 Å². The Hall–Kier alpha value is -0.500. The van der Waals surface area contributed by atoms with Gasteiger partial charge in [-0.25, -0.2) is 0 Å². The molecule has 0 saturated carbocycles. The molecule has 1 heterocycles. The first kappa shape index (κ1) is 6.62. The molecule has 0 bridgehead atoms. The fraction of sp³-hybridized carbons (Fsp3) is 0.714. The normalized spacial score (nSPS) is 33.3. The van der Waals surface area contributed by atoms with Crippen molar-refractivity contribution in [3.8, 4) is 0 Å². The lowest BCUT2D eigenvalue weighted by atomic mass is 10.2. The zero-order valence-electron chi connectivity index (χ0n) is 6.22. The number of rotatable bonds is 1. The van der Waals surface area contributed by atoms with Crippen LogP contribution in [0, 0.1) is 0 Å². The van der Waals surface area contributed by atoms with E-state index in [9.17, 15) is 0 Å². The molecule has 2 nitrogen and oxygen atoms in total. The molecule has 1 aliphatic heterocycles. The summed E-state index contributed by atoms with van der Waals surface area (Å²) in [7, 11) is 4.04. The fourth-order valence-electron chi connectivity index (χ4n) is 0.798. The minimum Gasteiger partial charge on any atom is -0.480 e. The molecule has 0 N–H and O–H groups in total. The van der Waals surface area contributed by atoms with E-state index in [-0.39, 0.29) is 5.72 Å². The minimum atomic E-state index is -0.0833. The molecule has 9 heavy (non-hydrogen) atoms. The molecule has 0 aromatic carbocycles. The summed E-state index contributed by atoms with van der Waals surface area (Å²) in [5.74, 6) is 0. The van der Waals surface area contributed by atoms with Gasteiger partial charge in [0.1, 0.15) is 0 Å². The van der Waals surface area contributed by atoms with Crippen LogP contribution in [-0.4, -0.2) is 24.7 Å². The monoisotopic (exact) mass is 127 g/mol. The van der Waals surface area contributed by atoms with Gasteiger partial charge in [-0.1, -0.05) is 0 Å². The molecule has 0 spiro atoms. The van der Waals surface area contributed by atoms with Crippen LogP contribution in [0.25, 0.3) is 0 Å². The van der Waals surface area contributed by atoms with Gasteiger partial charge in [0, 0.05) is 6.42 Å². The van der Waals surface area contributed by atoms with E-state index in [4.69, 9.17) is 4.74 Å². The van der Waals surface area contributed by atoms with Crippen molar-refractivity contribution in [3.63, 3.8) is 0 Å². The highest BCUT2D eigenvalue weighted by Gasteiger charge is 2.28. The first-order chi connectivity index (χ1) is 4.15. The van der Waals surface area contributed by atoms with Crippen LogP contribution >= 0.6 is 0 Å². The summed E-state index contributed by atoms with van der Waals surface area (Å²) >= 11 is 0. The van der Waals surface area contributed by atoms with Crippen molar-refractivity contribution in [2.24, 2.45) is 0 Å². The smallest absolute Gasteiger partial charge is 0.162 e. The number of hydrogen-bond donors (Lipinski definition) is 0. The summed E-state index contributed by atoms with van der Waals surface area (Å²) in [6, 6.07) is 0. The second-order valence-electron chi connectivity index (χ2n) is 2.76. The van der Waals surface area contributed by atoms with Crippen LogP contribution in [0.3, 0.4) is 0 Å². The molecule has 0 saturated heterocycles. The molecule has 1 atom stereocenters. The average molecular weight is 127 g/mol. The first-order valence-electron chi connectivity index (χ1n) is 3.15.